The van der Waals surface area contributed by atoms with Crippen LogP contribution >= 0.6 is 39.3 Å². The van der Waals surface area contributed by atoms with Crippen molar-refractivity contribution in [2.45, 2.75) is 10.9 Å². The summed E-state index contributed by atoms with van der Waals surface area (Å²) in [6.45, 7) is 0. The van der Waals surface area contributed by atoms with Crippen molar-refractivity contribution in [1.29, 1.82) is 0 Å². The molecule has 5 heteroatoms. The molecule has 2 aromatic rings. The van der Waals surface area contributed by atoms with E-state index < -0.39 is 0 Å². The molecule has 100 valence electrons. The Labute approximate surface area is 130 Å². The third-order valence-electron chi connectivity index (χ3n) is 2.70. The fourth-order valence-corrected chi connectivity index (χ4v) is 3.01. The number of hydrazine groups is 1. The van der Waals surface area contributed by atoms with Gasteiger partial charge in [0.15, 0.2) is 0 Å². The Morgan fingerprint density at radius 3 is 2.32 bits per heavy atom. The number of rotatable bonds is 5. The van der Waals surface area contributed by atoms with Crippen LogP contribution in [0.3, 0.4) is 0 Å². The van der Waals surface area contributed by atoms with Crippen LogP contribution in [0.4, 0.5) is 0 Å². The zero-order valence-corrected chi connectivity index (χ0v) is 13.3. The van der Waals surface area contributed by atoms with E-state index >= 15 is 0 Å². The van der Waals surface area contributed by atoms with Gasteiger partial charge in [0, 0.05) is 20.1 Å². The van der Waals surface area contributed by atoms with E-state index in [-0.39, 0.29) is 6.04 Å². The van der Waals surface area contributed by atoms with Gasteiger partial charge in [-0.25, -0.2) is 0 Å². The summed E-state index contributed by atoms with van der Waals surface area (Å²) in [4.78, 5) is 1.22. The van der Waals surface area contributed by atoms with Gasteiger partial charge in [-0.3, -0.25) is 11.3 Å². The molecule has 0 saturated heterocycles. The van der Waals surface area contributed by atoms with E-state index in [9.17, 15) is 0 Å². The number of hydrogen-bond donors (Lipinski definition) is 2. The van der Waals surface area contributed by atoms with Crippen molar-refractivity contribution in [3.63, 3.8) is 0 Å². The summed E-state index contributed by atoms with van der Waals surface area (Å²) in [5.41, 5.74) is 3.98. The van der Waals surface area contributed by atoms with Crippen molar-refractivity contribution in [2.24, 2.45) is 5.84 Å². The molecule has 2 nitrogen and oxygen atoms in total. The molecular formula is C14H14BrClN2S. The summed E-state index contributed by atoms with van der Waals surface area (Å²) in [6.07, 6.45) is 0. The van der Waals surface area contributed by atoms with E-state index in [0.717, 1.165) is 20.8 Å². The molecule has 1 unspecified atom stereocenters. The SMILES string of the molecule is NNC(CSc1ccc(Br)cc1)c1ccc(Cl)cc1. The maximum atomic E-state index is 5.89. The van der Waals surface area contributed by atoms with Crippen LogP contribution in [-0.4, -0.2) is 5.75 Å². The van der Waals surface area contributed by atoms with Crippen molar-refractivity contribution in [1.82, 2.24) is 5.43 Å². The first-order valence-corrected chi connectivity index (χ1v) is 7.94. The number of hydrogen-bond acceptors (Lipinski definition) is 3. The van der Waals surface area contributed by atoms with Gasteiger partial charge in [0.05, 0.1) is 6.04 Å². The summed E-state index contributed by atoms with van der Waals surface area (Å²) in [5.74, 6) is 6.49. The molecule has 0 aromatic heterocycles. The van der Waals surface area contributed by atoms with Crippen molar-refractivity contribution in [3.8, 4) is 0 Å². The van der Waals surface area contributed by atoms with Crippen LogP contribution in [-0.2, 0) is 0 Å². The maximum absolute atomic E-state index is 5.89. The number of nitrogens with two attached hydrogens (primary N) is 1. The standard InChI is InChI=1S/C14H14BrClN2S/c15-11-3-7-13(8-4-11)19-9-14(18-17)10-1-5-12(16)6-2-10/h1-8,14,18H,9,17H2. The summed E-state index contributed by atoms with van der Waals surface area (Å²) >= 11 is 11.1. The van der Waals surface area contributed by atoms with Gasteiger partial charge < -0.3 is 0 Å². The minimum Gasteiger partial charge on any atom is -0.271 e. The molecule has 0 aliphatic heterocycles. The summed E-state index contributed by atoms with van der Waals surface area (Å²) in [5, 5.41) is 0.736. The first-order chi connectivity index (χ1) is 9.19. The number of thioether (sulfide) groups is 1. The average molecular weight is 358 g/mol. The topological polar surface area (TPSA) is 38.0 Å². The van der Waals surface area contributed by atoms with Gasteiger partial charge in [-0.2, -0.15) is 0 Å². The highest BCUT2D eigenvalue weighted by Crippen LogP contribution is 2.26. The Bertz CT molecular complexity index is 516. The zero-order valence-electron chi connectivity index (χ0n) is 10.1. The summed E-state index contributed by atoms with van der Waals surface area (Å²) < 4.78 is 1.09. The van der Waals surface area contributed by atoms with Crippen molar-refractivity contribution >= 4 is 39.3 Å². The second-order valence-corrected chi connectivity index (χ2v) is 6.48. The van der Waals surface area contributed by atoms with Crippen LogP contribution in [0.2, 0.25) is 5.02 Å². The molecule has 0 bridgehead atoms. The molecular weight excluding hydrogens is 344 g/mol. The predicted molar refractivity (Wildman–Crippen MR) is 86.4 cm³/mol. The molecule has 0 aliphatic carbocycles. The molecule has 0 heterocycles. The second kappa shape index (κ2) is 7.31. The van der Waals surface area contributed by atoms with E-state index in [1.807, 2.05) is 36.4 Å². The molecule has 0 spiro atoms. The highest BCUT2D eigenvalue weighted by atomic mass is 79.9. The van der Waals surface area contributed by atoms with E-state index in [0.29, 0.717) is 0 Å². The van der Waals surface area contributed by atoms with Crippen molar-refractivity contribution in [2.75, 3.05) is 5.75 Å². The number of benzene rings is 2. The third-order valence-corrected chi connectivity index (χ3v) is 4.59. The van der Waals surface area contributed by atoms with Gasteiger partial charge in [-0.15, -0.1) is 11.8 Å². The first-order valence-electron chi connectivity index (χ1n) is 5.79. The van der Waals surface area contributed by atoms with Crippen LogP contribution in [0.5, 0.6) is 0 Å². The summed E-state index contributed by atoms with van der Waals surface area (Å²) in [7, 11) is 0. The fraction of sp³-hybridized carbons (Fsp3) is 0.143. The van der Waals surface area contributed by atoms with E-state index in [1.165, 1.54) is 4.90 Å². The fourth-order valence-electron chi connectivity index (χ4n) is 1.65. The Balaban J connectivity index is 1.99. The second-order valence-electron chi connectivity index (χ2n) is 4.04. The first kappa shape index (κ1) is 14.9. The van der Waals surface area contributed by atoms with Crippen LogP contribution in [0.15, 0.2) is 57.9 Å². The van der Waals surface area contributed by atoms with Gasteiger partial charge in [-0.1, -0.05) is 39.7 Å². The predicted octanol–water partition coefficient (Wildman–Crippen LogP) is 4.40. The Hall–Kier alpha value is -0.520. The van der Waals surface area contributed by atoms with Gasteiger partial charge in [-0.05, 0) is 42.0 Å². The molecule has 2 aromatic carbocycles. The van der Waals surface area contributed by atoms with Gasteiger partial charge in [0.2, 0.25) is 0 Å². The number of nitrogens with one attached hydrogen (secondary N) is 1. The molecule has 0 amide bonds. The third kappa shape index (κ3) is 4.51. The Morgan fingerprint density at radius 1 is 1.11 bits per heavy atom. The zero-order chi connectivity index (χ0) is 13.7. The van der Waals surface area contributed by atoms with Gasteiger partial charge >= 0.3 is 0 Å². The molecule has 0 radical (unpaired) electrons. The van der Waals surface area contributed by atoms with E-state index in [1.54, 1.807) is 11.8 Å². The lowest BCUT2D eigenvalue weighted by atomic mass is 10.1. The quantitative estimate of drug-likeness (QED) is 0.473. The van der Waals surface area contributed by atoms with Crippen LogP contribution in [0, 0.1) is 0 Å². The normalized spacial score (nSPS) is 12.4. The van der Waals surface area contributed by atoms with E-state index in [4.69, 9.17) is 17.4 Å². The number of halogens is 2. The highest BCUT2D eigenvalue weighted by Gasteiger charge is 2.10. The minimum absolute atomic E-state index is 0.103. The van der Waals surface area contributed by atoms with Crippen LogP contribution in [0.25, 0.3) is 0 Å². The molecule has 3 N–H and O–H groups in total. The van der Waals surface area contributed by atoms with Crippen LogP contribution in [0.1, 0.15) is 11.6 Å². The van der Waals surface area contributed by atoms with Gasteiger partial charge in [0.25, 0.3) is 0 Å². The Morgan fingerprint density at radius 2 is 1.74 bits per heavy atom. The molecule has 1 atom stereocenters. The summed E-state index contributed by atoms with van der Waals surface area (Å²) in [6, 6.07) is 16.1. The maximum Gasteiger partial charge on any atom is 0.0553 e. The molecule has 0 aliphatic rings. The molecule has 19 heavy (non-hydrogen) atoms. The molecule has 0 fully saturated rings. The average Bonchev–Trinajstić information content (AvgIpc) is 2.43. The highest BCUT2D eigenvalue weighted by molar-refractivity contribution is 9.10. The van der Waals surface area contributed by atoms with Gasteiger partial charge in [0.1, 0.15) is 0 Å². The smallest absolute Gasteiger partial charge is 0.0553 e. The lowest BCUT2D eigenvalue weighted by Gasteiger charge is -2.16. The lowest BCUT2D eigenvalue weighted by molar-refractivity contribution is 0.611. The van der Waals surface area contributed by atoms with E-state index in [2.05, 4.69) is 33.5 Å². The lowest BCUT2D eigenvalue weighted by Crippen LogP contribution is -2.29. The Kier molecular flexibility index (Phi) is 5.73. The minimum atomic E-state index is 0.103. The molecule has 0 saturated carbocycles. The molecule has 2 rings (SSSR count). The van der Waals surface area contributed by atoms with Crippen LogP contribution < -0.4 is 11.3 Å². The largest absolute Gasteiger partial charge is 0.271 e. The monoisotopic (exact) mass is 356 g/mol. The van der Waals surface area contributed by atoms with Crippen molar-refractivity contribution in [3.05, 3.63) is 63.6 Å². The van der Waals surface area contributed by atoms with Crippen molar-refractivity contribution < 1.29 is 0 Å².